The van der Waals surface area contributed by atoms with Crippen LogP contribution in [0.4, 0.5) is 5.69 Å². The lowest BCUT2D eigenvalue weighted by molar-refractivity contribution is 0.0893. The number of nitrogens with zero attached hydrogens (tertiary/aromatic N) is 2. The molecule has 1 aliphatic rings. The molecule has 1 heterocycles. The maximum Gasteiger partial charge on any atom is 0.271 e. The Morgan fingerprint density at radius 1 is 1.63 bits per heavy atom. The molecule has 1 amide bonds. The van der Waals surface area contributed by atoms with Gasteiger partial charge in [0.1, 0.15) is 5.69 Å². The fraction of sp³-hybridized carbons (Fsp3) is 0.714. The van der Waals surface area contributed by atoms with E-state index in [1.807, 2.05) is 6.92 Å². The van der Waals surface area contributed by atoms with Gasteiger partial charge in [0.2, 0.25) is 0 Å². The maximum atomic E-state index is 12.3. The number of rotatable bonds is 3. The summed E-state index contributed by atoms with van der Waals surface area (Å²) < 4.78 is 1.65. The average molecular weight is 264 g/mol. The summed E-state index contributed by atoms with van der Waals surface area (Å²) in [6, 6.07) is 0.246. The summed E-state index contributed by atoms with van der Waals surface area (Å²) in [4.78, 5) is 12.3. The van der Waals surface area contributed by atoms with Gasteiger partial charge in [0.15, 0.2) is 0 Å². The third-order valence-corrected chi connectivity index (χ3v) is 3.92. The van der Waals surface area contributed by atoms with E-state index in [-0.39, 0.29) is 11.9 Å². The highest BCUT2D eigenvalue weighted by Crippen LogP contribution is 2.35. The number of nitrogens with two attached hydrogens (primary N) is 1. The van der Waals surface area contributed by atoms with Gasteiger partial charge in [-0.1, -0.05) is 20.3 Å². The SMILES string of the molecule is CCn1ncc(N)c1C(=O)NC1CCCC(C)(C)C1. The lowest BCUT2D eigenvalue weighted by Gasteiger charge is -2.35. The number of aryl methyl sites for hydroxylation is 1. The van der Waals surface area contributed by atoms with Crippen LogP contribution in [0.15, 0.2) is 6.20 Å². The first kappa shape index (κ1) is 13.9. The zero-order valence-electron chi connectivity index (χ0n) is 12.1. The van der Waals surface area contributed by atoms with Gasteiger partial charge in [-0.05, 0) is 31.6 Å². The standard InChI is InChI=1S/C14H24N4O/c1-4-18-12(11(15)9-16-18)13(19)17-10-6-5-7-14(2,3)8-10/h9-10H,4-8,15H2,1-3H3,(H,17,19). The third kappa shape index (κ3) is 3.08. The molecule has 0 saturated heterocycles. The molecule has 5 nitrogen and oxygen atoms in total. The van der Waals surface area contributed by atoms with E-state index < -0.39 is 0 Å². The molecule has 1 aromatic rings. The van der Waals surface area contributed by atoms with E-state index >= 15 is 0 Å². The molecule has 5 heteroatoms. The van der Waals surface area contributed by atoms with Crippen LogP contribution in [0.2, 0.25) is 0 Å². The Bertz CT molecular complexity index is 464. The normalized spacial score (nSPS) is 22.2. The Morgan fingerprint density at radius 2 is 2.37 bits per heavy atom. The predicted octanol–water partition coefficient (Wildman–Crippen LogP) is 2.18. The van der Waals surface area contributed by atoms with Crippen LogP contribution >= 0.6 is 0 Å². The molecule has 0 bridgehead atoms. The highest BCUT2D eigenvalue weighted by molar-refractivity contribution is 5.97. The number of aromatic nitrogens is 2. The zero-order chi connectivity index (χ0) is 14.0. The largest absolute Gasteiger partial charge is 0.396 e. The number of nitrogen functional groups attached to an aromatic ring is 1. The monoisotopic (exact) mass is 264 g/mol. The molecule has 1 unspecified atom stereocenters. The van der Waals surface area contributed by atoms with Crippen LogP contribution in [0.3, 0.4) is 0 Å². The van der Waals surface area contributed by atoms with Crippen molar-refractivity contribution in [1.29, 1.82) is 0 Å². The van der Waals surface area contributed by atoms with Crippen molar-refractivity contribution in [2.75, 3.05) is 5.73 Å². The second-order valence-electron chi connectivity index (χ2n) is 6.20. The van der Waals surface area contributed by atoms with E-state index in [9.17, 15) is 4.79 Å². The van der Waals surface area contributed by atoms with Crippen molar-refractivity contribution < 1.29 is 4.79 Å². The van der Waals surface area contributed by atoms with Crippen molar-refractivity contribution >= 4 is 11.6 Å². The van der Waals surface area contributed by atoms with Gasteiger partial charge >= 0.3 is 0 Å². The minimum absolute atomic E-state index is 0.0976. The minimum atomic E-state index is -0.0976. The second-order valence-corrected chi connectivity index (χ2v) is 6.20. The molecule has 2 rings (SSSR count). The van der Waals surface area contributed by atoms with Crippen molar-refractivity contribution in [1.82, 2.24) is 15.1 Å². The molecule has 19 heavy (non-hydrogen) atoms. The lowest BCUT2D eigenvalue weighted by Crippen LogP contribution is -2.41. The van der Waals surface area contributed by atoms with Crippen molar-refractivity contribution in [2.45, 2.75) is 59.0 Å². The summed E-state index contributed by atoms with van der Waals surface area (Å²) in [5, 5.41) is 7.22. The van der Waals surface area contributed by atoms with Crippen LogP contribution < -0.4 is 11.1 Å². The van der Waals surface area contributed by atoms with Gasteiger partial charge < -0.3 is 11.1 Å². The van der Waals surface area contributed by atoms with Crippen LogP contribution in [0.1, 0.15) is 56.9 Å². The highest BCUT2D eigenvalue weighted by atomic mass is 16.2. The topological polar surface area (TPSA) is 72.9 Å². The number of anilines is 1. The van der Waals surface area contributed by atoms with Gasteiger partial charge in [0.05, 0.1) is 11.9 Å². The van der Waals surface area contributed by atoms with Crippen LogP contribution in [0, 0.1) is 5.41 Å². The molecule has 3 N–H and O–H groups in total. The van der Waals surface area contributed by atoms with Crippen LogP contribution in [-0.4, -0.2) is 21.7 Å². The van der Waals surface area contributed by atoms with Crippen molar-refractivity contribution in [3.8, 4) is 0 Å². The highest BCUT2D eigenvalue weighted by Gasteiger charge is 2.29. The quantitative estimate of drug-likeness (QED) is 0.879. The van der Waals surface area contributed by atoms with Crippen molar-refractivity contribution in [3.63, 3.8) is 0 Å². The van der Waals surface area contributed by atoms with Crippen molar-refractivity contribution in [3.05, 3.63) is 11.9 Å². The number of carbonyl (C=O) groups excluding carboxylic acids is 1. The molecule has 0 radical (unpaired) electrons. The maximum absolute atomic E-state index is 12.3. The fourth-order valence-electron chi connectivity index (χ4n) is 2.96. The molecule has 0 aromatic carbocycles. The first-order valence-corrected chi connectivity index (χ1v) is 7.05. The molecule has 1 aliphatic carbocycles. The Labute approximate surface area is 114 Å². The van der Waals surface area contributed by atoms with Crippen LogP contribution in [0.5, 0.6) is 0 Å². The Hall–Kier alpha value is -1.52. The summed E-state index contributed by atoms with van der Waals surface area (Å²) in [6.45, 7) is 7.12. The lowest BCUT2D eigenvalue weighted by atomic mass is 9.75. The number of carbonyl (C=O) groups is 1. The van der Waals surface area contributed by atoms with Gasteiger partial charge in [0, 0.05) is 12.6 Å². The Kier molecular flexibility index (Phi) is 3.83. The summed E-state index contributed by atoms with van der Waals surface area (Å²) in [5.74, 6) is -0.0976. The smallest absolute Gasteiger partial charge is 0.271 e. The third-order valence-electron chi connectivity index (χ3n) is 3.92. The number of amides is 1. The summed E-state index contributed by atoms with van der Waals surface area (Å²) in [7, 11) is 0. The van der Waals surface area contributed by atoms with Gasteiger partial charge in [-0.15, -0.1) is 0 Å². The first-order chi connectivity index (χ1) is 8.93. The van der Waals surface area contributed by atoms with E-state index in [2.05, 4.69) is 24.3 Å². The van der Waals surface area contributed by atoms with Crippen LogP contribution in [0.25, 0.3) is 0 Å². The van der Waals surface area contributed by atoms with E-state index in [1.54, 1.807) is 10.9 Å². The van der Waals surface area contributed by atoms with Crippen molar-refractivity contribution in [2.24, 2.45) is 5.41 Å². The Morgan fingerprint density at radius 3 is 3.00 bits per heavy atom. The zero-order valence-corrected chi connectivity index (χ0v) is 12.1. The molecule has 1 aromatic heterocycles. The Balaban J connectivity index is 2.06. The molecule has 0 aliphatic heterocycles. The number of hydrogen-bond donors (Lipinski definition) is 2. The molecule has 106 valence electrons. The van der Waals surface area contributed by atoms with E-state index in [1.165, 1.54) is 12.8 Å². The molecular formula is C14H24N4O. The van der Waals surface area contributed by atoms with Gasteiger partial charge in [-0.2, -0.15) is 5.10 Å². The van der Waals surface area contributed by atoms with Gasteiger partial charge in [0.25, 0.3) is 5.91 Å². The molecule has 1 fully saturated rings. The van der Waals surface area contributed by atoms with E-state index in [0.29, 0.717) is 23.3 Å². The second kappa shape index (κ2) is 5.23. The number of nitrogens with one attached hydrogen (secondary N) is 1. The molecule has 0 spiro atoms. The van der Waals surface area contributed by atoms with E-state index in [4.69, 9.17) is 5.73 Å². The van der Waals surface area contributed by atoms with E-state index in [0.717, 1.165) is 12.8 Å². The molecule has 1 atom stereocenters. The van der Waals surface area contributed by atoms with Gasteiger partial charge in [-0.3, -0.25) is 9.48 Å². The minimum Gasteiger partial charge on any atom is -0.396 e. The summed E-state index contributed by atoms with van der Waals surface area (Å²) in [6.07, 6.45) is 6.02. The fourth-order valence-corrected chi connectivity index (χ4v) is 2.96. The van der Waals surface area contributed by atoms with Gasteiger partial charge in [-0.25, -0.2) is 0 Å². The molecule has 1 saturated carbocycles. The number of hydrogen-bond acceptors (Lipinski definition) is 3. The predicted molar refractivity (Wildman–Crippen MR) is 75.8 cm³/mol. The summed E-state index contributed by atoms with van der Waals surface area (Å²) in [5.41, 5.74) is 7.09. The first-order valence-electron chi connectivity index (χ1n) is 7.05. The van der Waals surface area contributed by atoms with Crippen LogP contribution in [-0.2, 0) is 6.54 Å². The average Bonchev–Trinajstić information content (AvgIpc) is 2.69. The molecular weight excluding hydrogens is 240 g/mol. The summed E-state index contributed by atoms with van der Waals surface area (Å²) >= 11 is 0.